The summed E-state index contributed by atoms with van der Waals surface area (Å²) in [6.07, 6.45) is 5.16. The molecule has 0 unspecified atom stereocenters. The second-order valence-corrected chi connectivity index (χ2v) is 3.40. The Kier molecular flexibility index (Phi) is 2.79. The number of benzene rings is 1. The lowest BCUT2D eigenvalue weighted by molar-refractivity contribution is 1.17. The average molecular weight is 210 g/mol. The van der Waals surface area contributed by atoms with Gasteiger partial charge in [-0.25, -0.2) is 9.97 Å². The van der Waals surface area contributed by atoms with E-state index in [2.05, 4.69) is 15.3 Å². The van der Waals surface area contributed by atoms with Gasteiger partial charge in [0.1, 0.15) is 0 Å². The molecule has 4 nitrogen and oxygen atoms in total. The lowest BCUT2D eigenvalue weighted by Gasteiger charge is -2.01. The van der Waals surface area contributed by atoms with Crippen LogP contribution in [0, 0.1) is 18.4 Å². The smallest absolute Gasteiger partial charge is 0.236 e. The molecule has 4 heteroatoms. The van der Waals surface area contributed by atoms with Crippen molar-refractivity contribution in [3.8, 4) is 17.3 Å². The van der Waals surface area contributed by atoms with Crippen molar-refractivity contribution in [2.75, 3.05) is 5.32 Å². The number of nitrogens with one attached hydrogen (secondary N) is 1. The fraction of sp³-hybridized carbons (Fsp3) is 0.0833. The molecule has 0 amide bonds. The Hall–Kier alpha value is -2.41. The van der Waals surface area contributed by atoms with Crippen LogP contribution in [0.25, 0.3) is 11.1 Å². The van der Waals surface area contributed by atoms with Crippen LogP contribution in [0.15, 0.2) is 36.7 Å². The topological polar surface area (TPSA) is 61.6 Å². The minimum Gasteiger partial charge on any atom is -0.261 e. The van der Waals surface area contributed by atoms with E-state index in [1.165, 1.54) is 5.56 Å². The van der Waals surface area contributed by atoms with Crippen LogP contribution < -0.4 is 5.32 Å². The first kappa shape index (κ1) is 10.1. The van der Waals surface area contributed by atoms with Crippen molar-refractivity contribution in [3.05, 3.63) is 42.2 Å². The molecule has 0 radical (unpaired) electrons. The van der Waals surface area contributed by atoms with Crippen LogP contribution in [-0.4, -0.2) is 9.97 Å². The second kappa shape index (κ2) is 4.41. The van der Waals surface area contributed by atoms with E-state index in [1.54, 1.807) is 18.6 Å². The Morgan fingerprint density at radius 3 is 2.25 bits per heavy atom. The van der Waals surface area contributed by atoms with Gasteiger partial charge >= 0.3 is 0 Å². The monoisotopic (exact) mass is 210 g/mol. The van der Waals surface area contributed by atoms with Crippen molar-refractivity contribution in [1.82, 2.24) is 9.97 Å². The van der Waals surface area contributed by atoms with Gasteiger partial charge in [0.05, 0.1) is 0 Å². The number of nitriles is 1. The molecule has 78 valence electrons. The molecule has 0 aliphatic carbocycles. The summed E-state index contributed by atoms with van der Waals surface area (Å²) < 4.78 is 0. The highest BCUT2D eigenvalue weighted by Gasteiger charge is 1.99. The standard InChI is InChI=1S/C12H10N4/c1-9-2-4-10(5-3-9)11-6-14-12(15-7-11)16-8-13/h2-7H,1H3,(H,14,15,16). The first-order valence-electron chi connectivity index (χ1n) is 4.84. The summed E-state index contributed by atoms with van der Waals surface area (Å²) >= 11 is 0. The third-order valence-electron chi connectivity index (χ3n) is 2.20. The summed E-state index contributed by atoms with van der Waals surface area (Å²) in [7, 11) is 0. The van der Waals surface area contributed by atoms with Gasteiger partial charge in [-0.15, -0.1) is 0 Å². The first-order valence-corrected chi connectivity index (χ1v) is 4.84. The lowest BCUT2D eigenvalue weighted by Crippen LogP contribution is -1.94. The molecule has 1 N–H and O–H groups in total. The SMILES string of the molecule is Cc1ccc(-c2cnc(NC#N)nc2)cc1. The van der Waals surface area contributed by atoms with Gasteiger partial charge in [-0.2, -0.15) is 5.26 Å². The lowest BCUT2D eigenvalue weighted by atomic mass is 10.1. The van der Waals surface area contributed by atoms with Crippen molar-refractivity contribution in [1.29, 1.82) is 5.26 Å². The Bertz CT molecular complexity index is 508. The van der Waals surface area contributed by atoms with E-state index in [9.17, 15) is 0 Å². The molecule has 1 heterocycles. The summed E-state index contributed by atoms with van der Waals surface area (Å²) in [5, 5.41) is 10.8. The molecular formula is C12H10N4. The van der Waals surface area contributed by atoms with Crippen molar-refractivity contribution in [2.24, 2.45) is 0 Å². The molecular weight excluding hydrogens is 200 g/mol. The molecule has 16 heavy (non-hydrogen) atoms. The van der Waals surface area contributed by atoms with Gasteiger partial charge in [0.25, 0.3) is 0 Å². The van der Waals surface area contributed by atoms with Gasteiger partial charge in [-0.3, -0.25) is 5.32 Å². The van der Waals surface area contributed by atoms with E-state index < -0.39 is 0 Å². The molecule has 0 fully saturated rings. The highest BCUT2D eigenvalue weighted by atomic mass is 15.1. The van der Waals surface area contributed by atoms with Crippen LogP contribution in [0.5, 0.6) is 0 Å². The molecule has 2 rings (SSSR count). The fourth-order valence-electron chi connectivity index (χ4n) is 1.34. The van der Waals surface area contributed by atoms with E-state index in [0.29, 0.717) is 5.95 Å². The summed E-state index contributed by atoms with van der Waals surface area (Å²) in [6, 6.07) is 8.12. The Morgan fingerprint density at radius 2 is 1.69 bits per heavy atom. The number of hydrogen-bond donors (Lipinski definition) is 1. The normalized spacial score (nSPS) is 9.50. The van der Waals surface area contributed by atoms with Crippen molar-refractivity contribution < 1.29 is 0 Å². The van der Waals surface area contributed by atoms with Gasteiger partial charge in [-0.05, 0) is 12.5 Å². The molecule has 0 spiro atoms. The quantitative estimate of drug-likeness (QED) is 0.610. The van der Waals surface area contributed by atoms with E-state index in [4.69, 9.17) is 5.26 Å². The maximum absolute atomic E-state index is 8.40. The van der Waals surface area contributed by atoms with E-state index in [1.807, 2.05) is 31.2 Å². The molecule has 1 aromatic carbocycles. The van der Waals surface area contributed by atoms with Crippen molar-refractivity contribution in [2.45, 2.75) is 6.92 Å². The van der Waals surface area contributed by atoms with Crippen LogP contribution in [-0.2, 0) is 0 Å². The van der Waals surface area contributed by atoms with Crippen LogP contribution >= 0.6 is 0 Å². The Balaban J connectivity index is 2.28. The molecule has 0 bridgehead atoms. The number of rotatable bonds is 2. The van der Waals surface area contributed by atoms with Crippen LogP contribution in [0.3, 0.4) is 0 Å². The van der Waals surface area contributed by atoms with E-state index in [0.717, 1.165) is 11.1 Å². The first-order chi connectivity index (χ1) is 7.79. The molecule has 2 aromatic rings. The van der Waals surface area contributed by atoms with Gasteiger partial charge in [0.2, 0.25) is 5.95 Å². The highest BCUT2D eigenvalue weighted by molar-refractivity contribution is 5.62. The Labute approximate surface area is 93.6 Å². The number of aryl methyl sites for hydroxylation is 1. The maximum Gasteiger partial charge on any atom is 0.236 e. The van der Waals surface area contributed by atoms with E-state index in [-0.39, 0.29) is 0 Å². The number of anilines is 1. The second-order valence-electron chi connectivity index (χ2n) is 3.40. The van der Waals surface area contributed by atoms with Gasteiger partial charge in [-0.1, -0.05) is 29.8 Å². The van der Waals surface area contributed by atoms with Gasteiger partial charge in [0, 0.05) is 18.0 Å². The third kappa shape index (κ3) is 2.15. The minimum atomic E-state index is 0.318. The van der Waals surface area contributed by atoms with Crippen LogP contribution in [0.4, 0.5) is 5.95 Å². The van der Waals surface area contributed by atoms with E-state index >= 15 is 0 Å². The Morgan fingerprint density at radius 1 is 1.06 bits per heavy atom. The molecule has 0 atom stereocenters. The third-order valence-corrected chi connectivity index (χ3v) is 2.20. The number of aromatic nitrogens is 2. The molecule has 0 saturated heterocycles. The molecule has 0 saturated carbocycles. The number of nitrogens with zero attached hydrogens (tertiary/aromatic N) is 3. The average Bonchev–Trinajstić information content (AvgIpc) is 2.32. The van der Waals surface area contributed by atoms with Gasteiger partial charge in [0.15, 0.2) is 6.19 Å². The molecule has 0 aliphatic rings. The van der Waals surface area contributed by atoms with Crippen LogP contribution in [0.2, 0.25) is 0 Å². The number of hydrogen-bond acceptors (Lipinski definition) is 4. The highest BCUT2D eigenvalue weighted by Crippen LogP contribution is 2.18. The minimum absolute atomic E-state index is 0.318. The van der Waals surface area contributed by atoms with Crippen LogP contribution in [0.1, 0.15) is 5.56 Å². The maximum atomic E-state index is 8.40. The zero-order valence-electron chi connectivity index (χ0n) is 8.81. The largest absolute Gasteiger partial charge is 0.261 e. The summed E-state index contributed by atoms with van der Waals surface area (Å²) in [6.45, 7) is 2.04. The predicted molar refractivity (Wildman–Crippen MR) is 61.4 cm³/mol. The van der Waals surface area contributed by atoms with Crippen molar-refractivity contribution >= 4 is 5.95 Å². The summed E-state index contributed by atoms with van der Waals surface area (Å²) in [5.74, 6) is 0.318. The zero-order chi connectivity index (χ0) is 11.4. The van der Waals surface area contributed by atoms with Gasteiger partial charge < -0.3 is 0 Å². The molecule has 0 aliphatic heterocycles. The predicted octanol–water partition coefficient (Wildman–Crippen LogP) is 2.34. The molecule has 1 aromatic heterocycles. The summed E-state index contributed by atoms with van der Waals surface area (Å²) in [5.41, 5.74) is 3.21. The summed E-state index contributed by atoms with van der Waals surface area (Å²) in [4.78, 5) is 8.05. The fourth-order valence-corrected chi connectivity index (χ4v) is 1.34. The van der Waals surface area contributed by atoms with Crippen molar-refractivity contribution in [3.63, 3.8) is 0 Å². The zero-order valence-corrected chi connectivity index (χ0v) is 8.81.